The van der Waals surface area contributed by atoms with E-state index in [9.17, 15) is 4.79 Å². The standard InChI is InChI=1S/C16H16N6OS/c1-10-6-7-12-14(8-10)24-16(18-12)19-15(23)11-4-2-3-5-13(11)22-9-17-20-21-22/h2-5,9-10H,6-8H2,1H3,(H,18,19,23)/t10-/m0/s1. The summed E-state index contributed by atoms with van der Waals surface area (Å²) in [6, 6.07) is 7.22. The molecule has 4 rings (SSSR count). The molecule has 1 N–H and O–H groups in total. The molecule has 1 atom stereocenters. The number of anilines is 1. The number of thiazole rings is 1. The van der Waals surface area contributed by atoms with Crippen LogP contribution in [-0.4, -0.2) is 31.1 Å². The minimum Gasteiger partial charge on any atom is -0.298 e. The van der Waals surface area contributed by atoms with Gasteiger partial charge in [-0.2, -0.15) is 4.68 Å². The zero-order chi connectivity index (χ0) is 16.5. The van der Waals surface area contributed by atoms with Gasteiger partial charge in [0.05, 0.1) is 16.9 Å². The molecule has 0 saturated heterocycles. The Hall–Kier alpha value is -2.61. The van der Waals surface area contributed by atoms with E-state index in [1.54, 1.807) is 23.5 Å². The van der Waals surface area contributed by atoms with Crippen LogP contribution in [0.15, 0.2) is 30.6 Å². The van der Waals surface area contributed by atoms with Gasteiger partial charge in [-0.25, -0.2) is 4.98 Å². The molecule has 3 aromatic rings. The molecular weight excluding hydrogens is 324 g/mol. The van der Waals surface area contributed by atoms with Crippen LogP contribution in [0, 0.1) is 5.92 Å². The number of amides is 1. The Morgan fingerprint density at radius 1 is 1.38 bits per heavy atom. The number of tetrazole rings is 1. The summed E-state index contributed by atoms with van der Waals surface area (Å²) in [4.78, 5) is 18.6. The molecule has 0 bridgehead atoms. The van der Waals surface area contributed by atoms with Crippen molar-refractivity contribution in [2.75, 3.05) is 5.32 Å². The van der Waals surface area contributed by atoms with Crippen molar-refractivity contribution in [3.05, 3.63) is 46.7 Å². The van der Waals surface area contributed by atoms with E-state index in [4.69, 9.17) is 0 Å². The van der Waals surface area contributed by atoms with Gasteiger partial charge in [0.25, 0.3) is 5.91 Å². The van der Waals surface area contributed by atoms with E-state index in [-0.39, 0.29) is 5.91 Å². The van der Waals surface area contributed by atoms with Gasteiger partial charge in [-0.15, -0.1) is 16.4 Å². The van der Waals surface area contributed by atoms with Crippen molar-refractivity contribution in [2.45, 2.75) is 26.2 Å². The van der Waals surface area contributed by atoms with Gasteiger partial charge in [0.1, 0.15) is 6.33 Å². The minimum atomic E-state index is -0.208. The molecule has 122 valence electrons. The average molecular weight is 340 g/mol. The first kappa shape index (κ1) is 14.9. The summed E-state index contributed by atoms with van der Waals surface area (Å²) in [6.45, 7) is 2.25. The van der Waals surface area contributed by atoms with Crippen LogP contribution in [0.25, 0.3) is 5.69 Å². The normalized spacial score (nSPS) is 16.6. The van der Waals surface area contributed by atoms with Crippen molar-refractivity contribution >= 4 is 22.4 Å². The number of fused-ring (bicyclic) bond motifs is 1. The summed E-state index contributed by atoms with van der Waals surface area (Å²) >= 11 is 1.58. The van der Waals surface area contributed by atoms with Gasteiger partial charge < -0.3 is 0 Å². The molecule has 0 unspecified atom stereocenters. The Morgan fingerprint density at radius 2 is 2.25 bits per heavy atom. The Morgan fingerprint density at radius 3 is 3.08 bits per heavy atom. The van der Waals surface area contributed by atoms with E-state index < -0.39 is 0 Å². The monoisotopic (exact) mass is 340 g/mol. The molecule has 0 aliphatic heterocycles. The molecular formula is C16H16N6OS. The molecule has 0 spiro atoms. The summed E-state index contributed by atoms with van der Waals surface area (Å²) in [5.41, 5.74) is 2.27. The van der Waals surface area contributed by atoms with Gasteiger partial charge in [0, 0.05) is 4.88 Å². The van der Waals surface area contributed by atoms with Crippen LogP contribution in [0.4, 0.5) is 5.13 Å². The highest BCUT2D eigenvalue weighted by Gasteiger charge is 2.21. The van der Waals surface area contributed by atoms with E-state index in [1.807, 2.05) is 12.1 Å². The highest BCUT2D eigenvalue weighted by molar-refractivity contribution is 7.15. The SMILES string of the molecule is C[C@H]1CCc2nc(NC(=O)c3ccccc3-n3cnnn3)sc2C1. The maximum atomic E-state index is 12.7. The van der Waals surface area contributed by atoms with Crippen LogP contribution >= 0.6 is 11.3 Å². The third-order valence-corrected chi connectivity index (χ3v) is 5.19. The van der Waals surface area contributed by atoms with Crippen LogP contribution < -0.4 is 5.32 Å². The average Bonchev–Trinajstić information content (AvgIpc) is 3.23. The number of carbonyl (C=O) groups is 1. The van der Waals surface area contributed by atoms with Gasteiger partial charge in [-0.1, -0.05) is 19.1 Å². The van der Waals surface area contributed by atoms with Crippen LogP contribution in [-0.2, 0) is 12.8 Å². The summed E-state index contributed by atoms with van der Waals surface area (Å²) < 4.78 is 1.48. The van der Waals surface area contributed by atoms with Gasteiger partial charge in [0.15, 0.2) is 5.13 Å². The Kier molecular flexibility index (Phi) is 3.81. The molecule has 0 radical (unpaired) electrons. The van der Waals surface area contributed by atoms with E-state index in [0.717, 1.165) is 25.0 Å². The number of benzene rings is 1. The quantitative estimate of drug-likeness (QED) is 0.792. The maximum Gasteiger partial charge on any atom is 0.259 e. The predicted octanol–water partition coefficient (Wildman–Crippen LogP) is 2.50. The van der Waals surface area contributed by atoms with Gasteiger partial charge in [-0.3, -0.25) is 10.1 Å². The van der Waals surface area contributed by atoms with Crippen LogP contribution in [0.1, 0.15) is 34.3 Å². The van der Waals surface area contributed by atoms with Crippen molar-refractivity contribution < 1.29 is 4.79 Å². The first-order valence-corrected chi connectivity index (χ1v) is 8.64. The third kappa shape index (κ3) is 2.80. The lowest BCUT2D eigenvalue weighted by Crippen LogP contribution is -2.15. The van der Waals surface area contributed by atoms with Crippen molar-refractivity contribution in [2.24, 2.45) is 5.92 Å². The van der Waals surface area contributed by atoms with E-state index in [1.165, 1.54) is 15.9 Å². The fraction of sp³-hybridized carbons (Fsp3) is 0.312. The topological polar surface area (TPSA) is 85.6 Å². The number of hydrogen-bond donors (Lipinski definition) is 1. The number of carbonyl (C=O) groups excluding carboxylic acids is 1. The Labute approximate surface area is 142 Å². The highest BCUT2D eigenvalue weighted by Crippen LogP contribution is 2.32. The van der Waals surface area contributed by atoms with Crippen molar-refractivity contribution in [3.8, 4) is 5.69 Å². The lowest BCUT2D eigenvalue weighted by molar-refractivity contribution is 0.102. The lowest BCUT2D eigenvalue weighted by atomic mass is 9.93. The van der Waals surface area contributed by atoms with Crippen molar-refractivity contribution in [3.63, 3.8) is 0 Å². The highest BCUT2D eigenvalue weighted by atomic mass is 32.1. The van der Waals surface area contributed by atoms with Gasteiger partial charge in [0.2, 0.25) is 0 Å². The molecule has 1 amide bonds. The number of nitrogens with one attached hydrogen (secondary N) is 1. The molecule has 2 heterocycles. The number of aromatic nitrogens is 5. The molecule has 1 aliphatic rings. The zero-order valence-corrected chi connectivity index (χ0v) is 14.0. The lowest BCUT2D eigenvalue weighted by Gasteiger charge is -2.15. The number of nitrogens with zero attached hydrogens (tertiary/aromatic N) is 5. The first-order valence-electron chi connectivity index (χ1n) is 7.83. The minimum absolute atomic E-state index is 0.208. The number of hydrogen-bond acceptors (Lipinski definition) is 6. The molecule has 7 nitrogen and oxygen atoms in total. The van der Waals surface area contributed by atoms with E-state index >= 15 is 0 Å². The Balaban J connectivity index is 1.60. The largest absolute Gasteiger partial charge is 0.298 e. The molecule has 8 heteroatoms. The van der Waals surface area contributed by atoms with Crippen LogP contribution in [0.2, 0.25) is 0 Å². The fourth-order valence-electron chi connectivity index (χ4n) is 2.89. The molecule has 0 saturated carbocycles. The smallest absolute Gasteiger partial charge is 0.259 e. The van der Waals surface area contributed by atoms with E-state index in [2.05, 4.69) is 32.7 Å². The summed E-state index contributed by atoms with van der Waals surface area (Å²) in [5, 5.41) is 14.7. The van der Waals surface area contributed by atoms with Crippen molar-refractivity contribution in [1.82, 2.24) is 25.2 Å². The summed E-state index contributed by atoms with van der Waals surface area (Å²) in [7, 11) is 0. The first-order chi connectivity index (χ1) is 11.7. The summed E-state index contributed by atoms with van der Waals surface area (Å²) in [5.74, 6) is 0.474. The fourth-order valence-corrected chi connectivity index (χ4v) is 4.06. The van der Waals surface area contributed by atoms with Gasteiger partial charge in [-0.05, 0) is 47.7 Å². The molecule has 24 heavy (non-hydrogen) atoms. The van der Waals surface area contributed by atoms with Crippen molar-refractivity contribution in [1.29, 1.82) is 0 Å². The third-order valence-electron chi connectivity index (χ3n) is 4.15. The van der Waals surface area contributed by atoms with E-state index in [0.29, 0.717) is 22.3 Å². The molecule has 1 aromatic carbocycles. The number of rotatable bonds is 3. The maximum absolute atomic E-state index is 12.7. The number of para-hydroxylation sites is 1. The Bertz CT molecular complexity index is 873. The zero-order valence-electron chi connectivity index (χ0n) is 13.1. The molecule has 2 aromatic heterocycles. The second-order valence-corrected chi connectivity index (χ2v) is 7.05. The van der Waals surface area contributed by atoms with Crippen LogP contribution in [0.5, 0.6) is 0 Å². The number of aryl methyl sites for hydroxylation is 1. The van der Waals surface area contributed by atoms with Crippen LogP contribution in [0.3, 0.4) is 0 Å². The molecule has 0 fully saturated rings. The second kappa shape index (κ2) is 6.12. The summed E-state index contributed by atoms with van der Waals surface area (Å²) in [6.07, 6.45) is 4.66. The predicted molar refractivity (Wildman–Crippen MR) is 90.4 cm³/mol. The molecule has 1 aliphatic carbocycles. The van der Waals surface area contributed by atoms with Gasteiger partial charge >= 0.3 is 0 Å². The second-order valence-electron chi connectivity index (χ2n) is 5.96.